The fourth-order valence-electron chi connectivity index (χ4n) is 2.91. The largest absolute Gasteiger partial charge is 0.457 e. The third-order valence-corrected chi connectivity index (χ3v) is 4.97. The second-order valence-corrected chi connectivity index (χ2v) is 7.34. The lowest BCUT2D eigenvalue weighted by molar-refractivity contribution is -0.384. The summed E-state index contributed by atoms with van der Waals surface area (Å²) in [5.74, 6) is 1.06. The number of carbonyl (C=O) groups is 1. The van der Waals surface area contributed by atoms with Crippen LogP contribution >= 0.6 is 23.2 Å². The summed E-state index contributed by atoms with van der Waals surface area (Å²) in [7, 11) is 0. The van der Waals surface area contributed by atoms with Gasteiger partial charge in [0.2, 0.25) is 5.78 Å². The molecule has 2 aromatic carbocycles. The monoisotopic (exact) mass is 453 g/mol. The number of rotatable bonds is 6. The number of non-ortho nitro benzene ring substituents is 1. The Morgan fingerprint density at radius 3 is 2.55 bits per heavy atom. The smallest absolute Gasteiger partial charge is 0.270 e. The third kappa shape index (κ3) is 4.60. The Bertz CT molecular complexity index is 1320. The molecule has 4 aromatic rings. The van der Waals surface area contributed by atoms with E-state index in [9.17, 15) is 14.9 Å². The molecule has 31 heavy (non-hydrogen) atoms. The molecule has 0 unspecified atom stereocenters. The molecule has 0 saturated carbocycles. The average Bonchev–Trinajstić information content (AvgIpc) is 3.44. The van der Waals surface area contributed by atoms with E-state index in [1.165, 1.54) is 24.3 Å². The van der Waals surface area contributed by atoms with Gasteiger partial charge in [0.05, 0.1) is 9.95 Å². The van der Waals surface area contributed by atoms with Crippen LogP contribution in [0.25, 0.3) is 28.7 Å². The molecule has 0 aliphatic rings. The van der Waals surface area contributed by atoms with Crippen LogP contribution in [0.2, 0.25) is 10.0 Å². The van der Waals surface area contributed by atoms with Gasteiger partial charge in [-0.3, -0.25) is 14.9 Å². The zero-order valence-electron chi connectivity index (χ0n) is 15.7. The Morgan fingerprint density at radius 1 is 0.935 bits per heavy atom. The highest BCUT2D eigenvalue weighted by molar-refractivity contribution is 6.35. The molecule has 0 spiro atoms. The van der Waals surface area contributed by atoms with E-state index in [0.717, 1.165) is 0 Å². The van der Waals surface area contributed by atoms with Gasteiger partial charge < -0.3 is 8.83 Å². The molecule has 0 amide bonds. The summed E-state index contributed by atoms with van der Waals surface area (Å²) < 4.78 is 11.3. The van der Waals surface area contributed by atoms with E-state index >= 15 is 0 Å². The average molecular weight is 454 g/mol. The molecule has 0 aliphatic carbocycles. The first-order valence-electron chi connectivity index (χ1n) is 9.03. The van der Waals surface area contributed by atoms with E-state index in [4.69, 9.17) is 32.0 Å². The number of nitrogens with zero attached hydrogens (tertiary/aromatic N) is 1. The molecule has 0 fully saturated rings. The lowest BCUT2D eigenvalue weighted by Crippen LogP contribution is -1.90. The predicted octanol–water partition coefficient (Wildman–Crippen LogP) is 7.32. The molecule has 0 N–H and O–H groups in total. The van der Waals surface area contributed by atoms with Gasteiger partial charge in [-0.05, 0) is 54.6 Å². The molecule has 154 valence electrons. The summed E-state index contributed by atoms with van der Waals surface area (Å²) in [6, 6.07) is 17.6. The fraction of sp³-hybridized carbons (Fsp3) is 0. The van der Waals surface area contributed by atoms with Gasteiger partial charge in [0, 0.05) is 28.3 Å². The number of hydrogen-bond acceptors (Lipinski definition) is 5. The first-order chi connectivity index (χ1) is 14.9. The molecule has 0 bridgehead atoms. The number of furan rings is 2. The highest BCUT2D eigenvalue weighted by atomic mass is 35.5. The molecule has 0 saturated heterocycles. The lowest BCUT2D eigenvalue weighted by Gasteiger charge is -2.01. The molecular formula is C23H13Cl2NO5. The molecule has 2 aromatic heterocycles. The number of allylic oxidation sites excluding steroid dienone is 1. The van der Waals surface area contributed by atoms with Crippen molar-refractivity contribution in [3.8, 4) is 22.6 Å². The van der Waals surface area contributed by atoms with E-state index < -0.39 is 4.92 Å². The zero-order chi connectivity index (χ0) is 22.0. The van der Waals surface area contributed by atoms with Crippen LogP contribution in [0, 0.1) is 10.1 Å². The van der Waals surface area contributed by atoms with Crippen molar-refractivity contribution in [3.63, 3.8) is 0 Å². The van der Waals surface area contributed by atoms with Gasteiger partial charge in [-0.2, -0.15) is 0 Å². The van der Waals surface area contributed by atoms with Crippen LogP contribution < -0.4 is 0 Å². The summed E-state index contributed by atoms with van der Waals surface area (Å²) in [6.07, 6.45) is 2.82. The highest BCUT2D eigenvalue weighted by Crippen LogP contribution is 2.32. The number of halogens is 2. The maximum Gasteiger partial charge on any atom is 0.270 e. The number of carbonyl (C=O) groups excluding carboxylic acids is 1. The lowest BCUT2D eigenvalue weighted by atomic mass is 10.1. The first-order valence-corrected chi connectivity index (χ1v) is 9.78. The minimum atomic E-state index is -0.472. The summed E-state index contributed by atoms with van der Waals surface area (Å²) in [5, 5.41) is 11.9. The second-order valence-electron chi connectivity index (χ2n) is 6.50. The normalized spacial score (nSPS) is 11.2. The van der Waals surface area contributed by atoms with Crippen LogP contribution in [0.3, 0.4) is 0 Å². The molecular weight excluding hydrogens is 441 g/mol. The SMILES string of the molecule is O=C(C=Cc1ccc(-c2cccc([N+](=O)[O-])c2)o1)c1ccc(-c2cc(Cl)ccc2Cl)o1. The minimum Gasteiger partial charge on any atom is -0.457 e. The van der Waals surface area contributed by atoms with Crippen molar-refractivity contribution in [1.82, 2.24) is 0 Å². The van der Waals surface area contributed by atoms with Crippen molar-refractivity contribution >= 4 is 40.7 Å². The molecule has 6 nitrogen and oxygen atoms in total. The van der Waals surface area contributed by atoms with Gasteiger partial charge in [0.15, 0.2) is 5.76 Å². The number of nitro benzene ring substituents is 1. The van der Waals surface area contributed by atoms with Crippen LogP contribution in [0.15, 0.2) is 81.6 Å². The fourth-order valence-corrected chi connectivity index (χ4v) is 3.29. The number of benzene rings is 2. The summed E-state index contributed by atoms with van der Waals surface area (Å²) in [5.41, 5.74) is 1.12. The third-order valence-electron chi connectivity index (χ3n) is 4.41. The summed E-state index contributed by atoms with van der Waals surface area (Å²) >= 11 is 12.2. The van der Waals surface area contributed by atoms with Crippen molar-refractivity contribution < 1.29 is 18.6 Å². The summed E-state index contributed by atoms with van der Waals surface area (Å²) in [6.45, 7) is 0. The van der Waals surface area contributed by atoms with Crippen LogP contribution in [-0.2, 0) is 0 Å². The molecule has 8 heteroatoms. The number of nitro groups is 1. The maximum atomic E-state index is 12.5. The van der Waals surface area contributed by atoms with E-state index in [1.807, 2.05) is 0 Å². The van der Waals surface area contributed by atoms with E-state index in [-0.39, 0.29) is 17.2 Å². The Kier molecular flexibility index (Phi) is 5.75. The number of ketones is 1. The van der Waals surface area contributed by atoms with E-state index in [1.54, 1.807) is 54.6 Å². The highest BCUT2D eigenvalue weighted by Gasteiger charge is 2.13. The van der Waals surface area contributed by atoms with Crippen LogP contribution in [0.4, 0.5) is 5.69 Å². The van der Waals surface area contributed by atoms with Gasteiger partial charge >= 0.3 is 0 Å². The quantitative estimate of drug-likeness (QED) is 0.132. The molecule has 2 heterocycles. The van der Waals surface area contributed by atoms with E-state index in [0.29, 0.717) is 38.5 Å². The number of hydrogen-bond donors (Lipinski definition) is 0. The minimum absolute atomic E-state index is 0.0328. The Morgan fingerprint density at radius 2 is 1.74 bits per heavy atom. The Labute approximate surface area is 186 Å². The van der Waals surface area contributed by atoms with Crippen molar-refractivity contribution in [1.29, 1.82) is 0 Å². The van der Waals surface area contributed by atoms with Crippen LogP contribution in [0.1, 0.15) is 16.3 Å². The topological polar surface area (TPSA) is 86.5 Å². The van der Waals surface area contributed by atoms with Crippen LogP contribution in [0.5, 0.6) is 0 Å². The maximum absolute atomic E-state index is 12.5. The Balaban J connectivity index is 1.51. The summed E-state index contributed by atoms with van der Waals surface area (Å²) in [4.78, 5) is 22.9. The van der Waals surface area contributed by atoms with Gasteiger partial charge in [0.1, 0.15) is 17.3 Å². The second kappa shape index (κ2) is 8.63. The molecule has 0 aliphatic heterocycles. The van der Waals surface area contributed by atoms with E-state index in [2.05, 4.69) is 0 Å². The van der Waals surface area contributed by atoms with Crippen molar-refractivity contribution in [2.45, 2.75) is 0 Å². The van der Waals surface area contributed by atoms with Gasteiger partial charge in [-0.1, -0.05) is 35.3 Å². The zero-order valence-corrected chi connectivity index (χ0v) is 17.3. The van der Waals surface area contributed by atoms with Gasteiger partial charge in [-0.15, -0.1) is 0 Å². The standard InChI is InChI=1S/C23H13Cl2NO5/c24-15-4-7-19(25)18(13-15)22-10-11-23(31-22)20(27)8-5-17-6-9-21(30-17)14-2-1-3-16(12-14)26(28)29/h1-13H. The molecule has 0 radical (unpaired) electrons. The first kappa shape index (κ1) is 20.7. The van der Waals surface area contributed by atoms with Gasteiger partial charge in [0.25, 0.3) is 5.69 Å². The molecule has 4 rings (SSSR count). The molecule has 0 atom stereocenters. The van der Waals surface area contributed by atoms with Crippen LogP contribution in [-0.4, -0.2) is 10.7 Å². The van der Waals surface area contributed by atoms with Crippen molar-refractivity contribution in [3.05, 3.63) is 104 Å². The Hall–Kier alpha value is -3.61. The van der Waals surface area contributed by atoms with Crippen molar-refractivity contribution in [2.24, 2.45) is 0 Å². The predicted molar refractivity (Wildman–Crippen MR) is 118 cm³/mol. The van der Waals surface area contributed by atoms with Crippen molar-refractivity contribution in [2.75, 3.05) is 0 Å². The van der Waals surface area contributed by atoms with Gasteiger partial charge in [-0.25, -0.2) is 0 Å².